The van der Waals surface area contributed by atoms with Gasteiger partial charge in [-0.2, -0.15) is 4.98 Å². The number of nitrogens with one attached hydrogen (secondary N) is 1. The highest BCUT2D eigenvalue weighted by atomic mass is 16.3. The molecule has 2 aromatic rings. The van der Waals surface area contributed by atoms with Crippen LogP contribution in [0.1, 0.15) is 6.42 Å². The van der Waals surface area contributed by atoms with Crippen molar-refractivity contribution in [3.63, 3.8) is 0 Å². The van der Waals surface area contributed by atoms with Gasteiger partial charge in [0.15, 0.2) is 11.2 Å². The molecule has 0 radical (unpaired) electrons. The molecule has 2 aromatic heterocycles. The van der Waals surface area contributed by atoms with Crippen molar-refractivity contribution in [2.24, 2.45) is 5.92 Å². The van der Waals surface area contributed by atoms with Crippen LogP contribution in [-0.2, 0) is 0 Å². The van der Waals surface area contributed by atoms with Crippen LogP contribution in [0.5, 0.6) is 0 Å². The number of aromatic nitrogens is 4. The van der Waals surface area contributed by atoms with Crippen molar-refractivity contribution < 1.29 is 10.2 Å². The number of fused-ring (bicyclic) bond motifs is 1. The van der Waals surface area contributed by atoms with E-state index in [4.69, 9.17) is 10.8 Å². The Morgan fingerprint density at radius 3 is 3.21 bits per heavy atom. The lowest BCUT2D eigenvalue weighted by Gasteiger charge is -2.01. The molecule has 0 unspecified atom stereocenters. The van der Waals surface area contributed by atoms with Crippen molar-refractivity contribution in [2.75, 3.05) is 12.3 Å². The Labute approximate surface area is 107 Å². The molecular formula is C11H13N5O3. The second kappa shape index (κ2) is 4.18. The second-order valence-corrected chi connectivity index (χ2v) is 4.54. The Kier molecular flexibility index (Phi) is 2.61. The third-order valence-electron chi connectivity index (χ3n) is 3.18. The number of imidazole rings is 1. The van der Waals surface area contributed by atoms with E-state index in [2.05, 4.69) is 15.0 Å². The van der Waals surface area contributed by atoms with Crippen LogP contribution >= 0.6 is 0 Å². The molecule has 3 rings (SSSR count). The number of hydrogen-bond donors (Lipinski definition) is 4. The van der Waals surface area contributed by atoms with Crippen LogP contribution in [0.25, 0.3) is 17.4 Å². The number of aromatic amines is 1. The minimum absolute atomic E-state index is 0.0281. The summed E-state index contributed by atoms with van der Waals surface area (Å²) in [6.07, 6.45) is 3.19. The van der Waals surface area contributed by atoms with Gasteiger partial charge in [0.05, 0.1) is 12.7 Å². The second-order valence-electron chi connectivity index (χ2n) is 4.54. The Morgan fingerprint density at radius 1 is 1.68 bits per heavy atom. The Bertz CT molecular complexity index is 717. The zero-order chi connectivity index (χ0) is 13.6. The first-order valence-corrected chi connectivity index (χ1v) is 5.82. The molecule has 0 saturated heterocycles. The van der Waals surface area contributed by atoms with E-state index in [0.29, 0.717) is 12.1 Å². The first-order chi connectivity index (χ1) is 9.10. The molecule has 100 valence electrons. The summed E-state index contributed by atoms with van der Waals surface area (Å²) < 4.78 is 1.60. The highest BCUT2D eigenvalue weighted by Crippen LogP contribution is 2.41. The van der Waals surface area contributed by atoms with Gasteiger partial charge >= 0.3 is 0 Å². The summed E-state index contributed by atoms with van der Waals surface area (Å²) in [6, 6.07) is 0. The van der Waals surface area contributed by atoms with Crippen molar-refractivity contribution >= 4 is 23.3 Å². The summed E-state index contributed by atoms with van der Waals surface area (Å²) in [5.74, 6) is -0.0119. The predicted octanol–water partition coefficient (Wildman–Crippen LogP) is -1.08. The summed E-state index contributed by atoms with van der Waals surface area (Å²) in [5.41, 5.74) is 6.67. The Morgan fingerprint density at radius 2 is 2.47 bits per heavy atom. The molecule has 1 aliphatic rings. The van der Waals surface area contributed by atoms with Crippen molar-refractivity contribution in [3.05, 3.63) is 22.3 Å². The van der Waals surface area contributed by atoms with E-state index in [0.717, 1.165) is 5.57 Å². The fraction of sp³-hybridized carbons (Fsp3) is 0.364. The van der Waals surface area contributed by atoms with E-state index in [-0.39, 0.29) is 29.5 Å². The van der Waals surface area contributed by atoms with Gasteiger partial charge in [-0.25, -0.2) is 4.98 Å². The van der Waals surface area contributed by atoms with E-state index in [1.54, 1.807) is 10.8 Å². The van der Waals surface area contributed by atoms with Crippen LogP contribution in [0.4, 0.5) is 5.95 Å². The fourth-order valence-corrected chi connectivity index (χ4v) is 2.07. The standard InChI is InChI=1S/C11H13N5O3/c12-11-14-9-8(10(19)15-11)13-4-16(9)2-5-1-6(5)7(18)3-17/h2,4,6-7,17-18H,1,3H2,(H3,12,14,15,19)/b5-2+/t6-,7-/m1/s1. The first-order valence-electron chi connectivity index (χ1n) is 5.82. The van der Waals surface area contributed by atoms with Gasteiger partial charge in [0.25, 0.3) is 5.56 Å². The Balaban J connectivity index is 2.00. The molecule has 0 spiro atoms. The fourth-order valence-electron chi connectivity index (χ4n) is 2.07. The number of nitrogens with two attached hydrogens (primary N) is 1. The number of anilines is 1. The quantitative estimate of drug-likeness (QED) is 0.557. The van der Waals surface area contributed by atoms with E-state index in [1.807, 2.05) is 0 Å². The van der Waals surface area contributed by atoms with Gasteiger partial charge < -0.3 is 15.9 Å². The van der Waals surface area contributed by atoms with Crippen LogP contribution < -0.4 is 11.3 Å². The lowest BCUT2D eigenvalue weighted by Crippen LogP contribution is -2.14. The smallest absolute Gasteiger partial charge is 0.280 e. The highest BCUT2D eigenvalue weighted by Gasteiger charge is 2.36. The van der Waals surface area contributed by atoms with Crippen molar-refractivity contribution in [2.45, 2.75) is 12.5 Å². The van der Waals surface area contributed by atoms with E-state index in [9.17, 15) is 9.90 Å². The highest BCUT2D eigenvalue weighted by molar-refractivity contribution is 5.73. The monoisotopic (exact) mass is 263 g/mol. The summed E-state index contributed by atoms with van der Waals surface area (Å²) in [4.78, 5) is 22.0. The molecule has 0 bridgehead atoms. The molecule has 0 aromatic carbocycles. The topological polar surface area (TPSA) is 130 Å². The van der Waals surface area contributed by atoms with Crippen molar-refractivity contribution in [1.82, 2.24) is 19.5 Å². The molecular weight excluding hydrogens is 250 g/mol. The number of rotatable bonds is 3. The molecule has 0 aliphatic heterocycles. The van der Waals surface area contributed by atoms with Crippen molar-refractivity contribution in [1.29, 1.82) is 0 Å². The summed E-state index contributed by atoms with van der Waals surface area (Å²) >= 11 is 0. The summed E-state index contributed by atoms with van der Waals surface area (Å²) in [7, 11) is 0. The molecule has 2 atom stereocenters. The average Bonchev–Trinajstić information content (AvgIpc) is 3.02. The maximum absolute atomic E-state index is 11.6. The minimum atomic E-state index is -0.748. The Hall–Kier alpha value is -2.19. The zero-order valence-corrected chi connectivity index (χ0v) is 9.95. The third-order valence-corrected chi connectivity index (χ3v) is 3.18. The first kappa shape index (κ1) is 11.9. The molecule has 1 aliphatic carbocycles. The van der Waals surface area contributed by atoms with E-state index in [1.165, 1.54) is 6.33 Å². The van der Waals surface area contributed by atoms with Crippen LogP contribution in [-0.4, -0.2) is 42.4 Å². The van der Waals surface area contributed by atoms with Gasteiger partial charge in [0, 0.05) is 12.1 Å². The largest absolute Gasteiger partial charge is 0.394 e. The van der Waals surface area contributed by atoms with Gasteiger partial charge in [-0.15, -0.1) is 0 Å². The average molecular weight is 263 g/mol. The SMILES string of the molecule is Nc1nc2c(ncn2/C=C2\C[C@H]2[C@H](O)CO)c(=O)[nH]1. The molecule has 8 heteroatoms. The van der Waals surface area contributed by atoms with Gasteiger partial charge in [0.2, 0.25) is 5.95 Å². The normalized spacial score (nSPS) is 22.0. The predicted molar refractivity (Wildman–Crippen MR) is 68.0 cm³/mol. The number of hydrogen-bond acceptors (Lipinski definition) is 6. The van der Waals surface area contributed by atoms with Gasteiger partial charge in [0.1, 0.15) is 6.33 Å². The lowest BCUT2D eigenvalue weighted by molar-refractivity contribution is 0.0815. The number of aliphatic hydroxyl groups is 2. The minimum Gasteiger partial charge on any atom is -0.394 e. The number of nitrogens with zero attached hydrogens (tertiary/aromatic N) is 3. The number of nitrogen functional groups attached to an aromatic ring is 1. The number of aliphatic hydroxyl groups excluding tert-OH is 2. The van der Waals surface area contributed by atoms with Gasteiger partial charge in [-0.05, 0) is 12.0 Å². The maximum atomic E-state index is 11.6. The zero-order valence-electron chi connectivity index (χ0n) is 9.95. The summed E-state index contributed by atoms with van der Waals surface area (Å²) in [6.45, 7) is -0.266. The molecule has 19 heavy (non-hydrogen) atoms. The van der Waals surface area contributed by atoms with Crippen LogP contribution in [0.15, 0.2) is 16.7 Å². The van der Waals surface area contributed by atoms with E-state index >= 15 is 0 Å². The molecule has 8 nitrogen and oxygen atoms in total. The van der Waals surface area contributed by atoms with Crippen LogP contribution in [0.3, 0.4) is 0 Å². The van der Waals surface area contributed by atoms with Crippen LogP contribution in [0.2, 0.25) is 0 Å². The molecule has 1 saturated carbocycles. The van der Waals surface area contributed by atoms with Gasteiger partial charge in [-0.3, -0.25) is 14.3 Å². The molecule has 1 fully saturated rings. The van der Waals surface area contributed by atoms with Gasteiger partial charge in [-0.1, -0.05) is 0 Å². The van der Waals surface area contributed by atoms with Crippen LogP contribution in [0, 0.1) is 5.92 Å². The number of H-pyrrole nitrogens is 1. The molecule has 5 N–H and O–H groups in total. The third kappa shape index (κ3) is 2.00. The molecule has 0 amide bonds. The molecule has 2 heterocycles. The maximum Gasteiger partial charge on any atom is 0.280 e. The lowest BCUT2D eigenvalue weighted by atomic mass is 10.2. The van der Waals surface area contributed by atoms with E-state index < -0.39 is 6.10 Å². The summed E-state index contributed by atoms with van der Waals surface area (Å²) in [5, 5.41) is 18.4. The van der Waals surface area contributed by atoms with Crippen molar-refractivity contribution in [3.8, 4) is 0 Å².